The Hall–Kier alpha value is -2.71. The van der Waals surface area contributed by atoms with Crippen molar-refractivity contribution in [3.8, 4) is 6.07 Å². The van der Waals surface area contributed by atoms with Crippen LogP contribution in [-0.2, 0) is 38.1 Å². The summed E-state index contributed by atoms with van der Waals surface area (Å²) in [5.74, 6) is -0.480. The Bertz CT molecular complexity index is 1760. The van der Waals surface area contributed by atoms with E-state index in [0.717, 1.165) is 19.3 Å². The molecule has 10 saturated carbocycles. The number of ether oxygens (including phenoxy) is 4. The highest BCUT2D eigenvalue weighted by atomic mass is 16.6. The van der Waals surface area contributed by atoms with Crippen LogP contribution in [0.2, 0.25) is 0 Å². The summed E-state index contributed by atoms with van der Waals surface area (Å²) in [4.78, 5) is 57.1. The first-order chi connectivity index (χ1) is 26.4. The number of fused-ring (bicyclic) bond motifs is 1. The van der Waals surface area contributed by atoms with Gasteiger partial charge in [0.25, 0.3) is 0 Å². The fraction of sp³-hybridized carbons (Fsp3) is 0.891. The summed E-state index contributed by atoms with van der Waals surface area (Å²) in [5.41, 5.74) is -8.91. The molecule has 11 aliphatic rings. The minimum absolute atomic E-state index is 0.0135. The van der Waals surface area contributed by atoms with Crippen LogP contribution >= 0.6 is 0 Å². The quantitative estimate of drug-likeness (QED) is 0.156. The third kappa shape index (κ3) is 5.97. The zero-order valence-corrected chi connectivity index (χ0v) is 35.2. The van der Waals surface area contributed by atoms with Gasteiger partial charge in [0.1, 0.15) is 23.4 Å². The maximum Gasteiger partial charge on any atom is 0.327 e. The third-order valence-electron chi connectivity index (χ3n) is 17.9. The molecule has 57 heavy (non-hydrogen) atoms. The average molecular weight is 792 g/mol. The maximum absolute atomic E-state index is 14.9. The first kappa shape index (κ1) is 39.7. The molecule has 10 bridgehead atoms. The molecule has 9 atom stereocenters. The fourth-order valence-corrected chi connectivity index (χ4v) is 16.0. The Balaban J connectivity index is 0.982. The van der Waals surface area contributed by atoms with E-state index in [9.17, 15) is 34.7 Å². The van der Waals surface area contributed by atoms with Gasteiger partial charge in [0.05, 0.1) is 33.5 Å². The number of carbonyl (C=O) groups excluding carboxylic acids is 4. The Labute approximate surface area is 337 Å². The van der Waals surface area contributed by atoms with Crippen LogP contribution in [-0.4, -0.2) is 68.7 Å². The molecule has 9 unspecified atom stereocenters. The second-order valence-electron chi connectivity index (χ2n) is 23.5. The van der Waals surface area contributed by atoms with E-state index in [0.29, 0.717) is 49.9 Å². The van der Waals surface area contributed by atoms with Crippen molar-refractivity contribution in [3.05, 3.63) is 0 Å². The van der Waals surface area contributed by atoms with Gasteiger partial charge in [0, 0.05) is 36.5 Å². The van der Waals surface area contributed by atoms with Crippen molar-refractivity contribution in [2.45, 2.75) is 192 Å². The topological polar surface area (TPSA) is 169 Å². The first-order valence-electron chi connectivity index (χ1n) is 22.2. The molecule has 1 heterocycles. The zero-order valence-electron chi connectivity index (χ0n) is 35.2. The fourth-order valence-electron chi connectivity index (χ4n) is 16.0. The number of hydrogen-bond acceptors (Lipinski definition) is 11. The van der Waals surface area contributed by atoms with E-state index in [-0.39, 0.29) is 67.7 Å². The maximum atomic E-state index is 14.9. The summed E-state index contributed by atoms with van der Waals surface area (Å²) in [5, 5.41) is 32.8. The Morgan fingerprint density at radius 2 is 1.37 bits per heavy atom. The van der Waals surface area contributed by atoms with Crippen LogP contribution in [0.15, 0.2) is 0 Å². The number of nitrogens with zero attached hydrogens (tertiary/aromatic N) is 1. The average Bonchev–Trinajstić information content (AvgIpc) is 3.67. The number of esters is 4. The molecule has 0 amide bonds. The predicted molar refractivity (Wildman–Crippen MR) is 204 cm³/mol. The molecular formula is C46H65NO10. The molecule has 314 valence electrons. The molecule has 1 aliphatic heterocycles. The van der Waals surface area contributed by atoms with Crippen LogP contribution in [0.4, 0.5) is 0 Å². The van der Waals surface area contributed by atoms with E-state index in [1.165, 1.54) is 19.3 Å². The van der Waals surface area contributed by atoms with Gasteiger partial charge < -0.3 is 29.2 Å². The van der Waals surface area contributed by atoms with Gasteiger partial charge in [-0.1, -0.05) is 6.92 Å². The van der Waals surface area contributed by atoms with Gasteiger partial charge in [-0.2, -0.15) is 5.26 Å². The predicted octanol–water partition coefficient (Wildman–Crippen LogP) is 6.88. The van der Waals surface area contributed by atoms with Crippen molar-refractivity contribution in [3.63, 3.8) is 0 Å². The lowest BCUT2D eigenvalue weighted by molar-refractivity contribution is -0.264. The van der Waals surface area contributed by atoms with Gasteiger partial charge in [-0.05, 0) is 155 Å². The number of hydrogen-bond donors (Lipinski definition) is 2. The van der Waals surface area contributed by atoms with E-state index in [1.807, 2.05) is 13.8 Å². The lowest BCUT2D eigenvalue weighted by Gasteiger charge is -2.62. The molecule has 0 spiro atoms. The van der Waals surface area contributed by atoms with Crippen molar-refractivity contribution < 1.29 is 48.3 Å². The van der Waals surface area contributed by atoms with Gasteiger partial charge >= 0.3 is 23.9 Å². The second kappa shape index (κ2) is 12.2. The lowest BCUT2D eigenvalue weighted by Crippen LogP contribution is -2.67. The Kier molecular flexibility index (Phi) is 8.50. The summed E-state index contributed by atoms with van der Waals surface area (Å²) in [6.45, 7) is 13.2. The lowest BCUT2D eigenvalue weighted by atomic mass is 9.46. The van der Waals surface area contributed by atoms with E-state index >= 15 is 0 Å². The highest BCUT2D eigenvalue weighted by molar-refractivity contribution is 5.85. The second-order valence-corrected chi connectivity index (χ2v) is 23.5. The summed E-state index contributed by atoms with van der Waals surface area (Å²) in [6, 6.07) is 2.22. The van der Waals surface area contributed by atoms with Gasteiger partial charge in [-0.3, -0.25) is 19.2 Å². The van der Waals surface area contributed by atoms with Crippen molar-refractivity contribution in [2.24, 2.45) is 62.6 Å². The van der Waals surface area contributed by atoms with Gasteiger partial charge in [0.15, 0.2) is 5.41 Å². The van der Waals surface area contributed by atoms with Crippen molar-refractivity contribution in [2.75, 3.05) is 0 Å². The van der Waals surface area contributed by atoms with Gasteiger partial charge in [-0.25, -0.2) is 0 Å². The van der Waals surface area contributed by atoms with Crippen LogP contribution in [0, 0.1) is 73.9 Å². The molecule has 1 saturated heterocycles. The normalized spacial score (nSPS) is 46.6. The molecule has 11 fully saturated rings. The van der Waals surface area contributed by atoms with Crippen molar-refractivity contribution >= 4 is 23.9 Å². The number of rotatable bonds is 12. The molecule has 0 radical (unpaired) electrons. The van der Waals surface area contributed by atoms with Crippen LogP contribution < -0.4 is 0 Å². The first-order valence-corrected chi connectivity index (χ1v) is 22.2. The monoisotopic (exact) mass is 791 g/mol. The zero-order chi connectivity index (χ0) is 41.0. The molecule has 0 aromatic rings. The van der Waals surface area contributed by atoms with E-state index in [1.54, 1.807) is 20.8 Å². The summed E-state index contributed by atoms with van der Waals surface area (Å²) in [7, 11) is 0. The summed E-state index contributed by atoms with van der Waals surface area (Å²) < 4.78 is 25.2. The molecule has 10 aliphatic carbocycles. The van der Waals surface area contributed by atoms with Crippen LogP contribution in [0.1, 0.15) is 158 Å². The highest BCUT2D eigenvalue weighted by Gasteiger charge is 2.73. The van der Waals surface area contributed by atoms with E-state index in [2.05, 4.69) is 19.9 Å². The van der Waals surface area contributed by atoms with E-state index in [4.69, 9.17) is 18.9 Å². The number of nitriles is 1. The molecule has 2 N–H and O–H groups in total. The number of aliphatic hydroxyl groups is 2. The Morgan fingerprint density at radius 3 is 1.91 bits per heavy atom. The summed E-state index contributed by atoms with van der Waals surface area (Å²) >= 11 is 0. The van der Waals surface area contributed by atoms with Crippen molar-refractivity contribution in [1.82, 2.24) is 0 Å². The standard InChI is InChI=1S/C46H65NO10/c1-8-40(6,36(50)56-39(4,5)42-13-26-9-27(14-42)11-28(10-26)15-42)21-41(7,35(49)54-32-30-12-31-33(32)55-37(51)46(31,19-30)25-47)20-38(2,3)34(48)57-45-18-29-16-43(52,23-45)22-44(53,17-29)24-45/h26-33,52-53H,8-24H2,1-7H3. The molecule has 11 nitrogen and oxygen atoms in total. The minimum atomic E-state index is -1.40. The minimum Gasteiger partial charge on any atom is -0.459 e. The summed E-state index contributed by atoms with van der Waals surface area (Å²) in [6.07, 6.45) is 9.42. The molecule has 11 heteroatoms. The third-order valence-corrected chi connectivity index (χ3v) is 17.9. The van der Waals surface area contributed by atoms with Crippen LogP contribution in [0.25, 0.3) is 0 Å². The largest absolute Gasteiger partial charge is 0.459 e. The molecular weight excluding hydrogens is 727 g/mol. The smallest absolute Gasteiger partial charge is 0.327 e. The number of carbonyl (C=O) groups is 4. The van der Waals surface area contributed by atoms with Gasteiger partial charge in [-0.15, -0.1) is 0 Å². The Morgan fingerprint density at radius 1 is 0.772 bits per heavy atom. The molecule has 0 aromatic heterocycles. The van der Waals surface area contributed by atoms with E-state index < -0.39 is 74.2 Å². The van der Waals surface area contributed by atoms with Crippen LogP contribution in [0.5, 0.6) is 0 Å². The van der Waals surface area contributed by atoms with Gasteiger partial charge in [0.2, 0.25) is 0 Å². The van der Waals surface area contributed by atoms with Crippen LogP contribution in [0.3, 0.4) is 0 Å². The SMILES string of the molecule is CCC(C)(CC(C)(CC(C)(C)C(=O)OC12CC3CC(O)(CC(O)(C3)C1)C2)C(=O)OC1C2CC3C1OC(=O)C3(C#N)C2)C(=O)OC(C)(C)C12CC3CC(CC(C3)C1)C2. The highest BCUT2D eigenvalue weighted by Crippen LogP contribution is 2.66. The molecule has 11 rings (SSSR count). The van der Waals surface area contributed by atoms with Crippen molar-refractivity contribution in [1.29, 1.82) is 5.26 Å². The molecule has 0 aromatic carbocycles.